The SMILES string of the molecule is CC(C)(C)c1nc(-c2cc(C#N)ccc2-n2c3ccc(-c4ccccc4)cc3c3cc(-c4ccccc4)ccc32)nc(-c2cc(C#N)ccc2-n2c3ccc(-c4ccccc4)cc3c3cc(-c4ccccc4)ccc32)n1. The zero-order valence-electron chi connectivity index (χ0n) is 42.1. The molecule has 3 aromatic heterocycles. The van der Waals surface area contributed by atoms with Crippen LogP contribution in [-0.4, -0.2) is 24.1 Å². The van der Waals surface area contributed by atoms with Gasteiger partial charge in [0.1, 0.15) is 5.82 Å². The topological polar surface area (TPSA) is 96.1 Å². The molecular formula is C69H47N7. The predicted molar refractivity (Wildman–Crippen MR) is 309 cm³/mol. The van der Waals surface area contributed by atoms with E-state index >= 15 is 0 Å². The van der Waals surface area contributed by atoms with Crippen LogP contribution in [-0.2, 0) is 5.41 Å². The molecule has 3 heterocycles. The van der Waals surface area contributed by atoms with Crippen LogP contribution in [0.2, 0.25) is 0 Å². The molecule has 0 amide bonds. The molecule has 358 valence electrons. The number of nitrogens with zero attached hydrogens (tertiary/aromatic N) is 7. The summed E-state index contributed by atoms with van der Waals surface area (Å²) in [6.45, 7) is 6.29. The summed E-state index contributed by atoms with van der Waals surface area (Å²) in [6, 6.07) is 84.8. The first kappa shape index (κ1) is 45.6. The maximum Gasteiger partial charge on any atom is 0.165 e. The molecule has 0 N–H and O–H groups in total. The first-order valence-electron chi connectivity index (χ1n) is 25.5. The molecule has 0 saturated carbocycles. The Bertz CT molecular complexity index is 4020. The van der Waals surface area contributed by atoms with Crippen LogP contribution in [0.4, 0.5) is 0 Å². The lowest BCUT2D eigenvalue weighted by molar-refractivity contribution is 0.543. The van der Waals surface area contributed by atoms with E-state index in [2.05, 4.69) is 212 Å². The first-order valence-corrected chi connectivity index (χ1v) is 25.5. The largest absolute Gasteiger partial charge is 0.308 e. The van der Waals surface area contributed by atoms with Gasteiger partial charge in [0.15, 0.2) is 11.6 Å². The Hall–Kier alpha value is -10.2. The Morgan fingerprint density at radius 3 is 0.908 bits per heavy atom. The van der Waals surface area contributed by atoms with Crippen LogP contribution in [0.3, 0.4) is 0 Å². The van der Waals surface area contributed by atoms with E-state index in [9.17, 15) is 10.5 Å². The summed E-state index contributed by atoms with van der Waals surface area (Å²) >= 11 is 0. The summed E-state index contributed by atoms with van der Waals surface area (Å²) in [5, 5.41) is 25.5. The van der Waals surface area contributed by atoms with Gasteiger partial charge in [-0.25, -0.2) is 15.0 Å². The average molecular weight is 974 g/mol. The number of hydrogen-bond donors (Lipinski definition) is 0. The second-order valence-electron chi connectivity index (χ2n) is 20.3. The van der Waals surface area contributed by atoms with Crippen LogP contribution in [0.15, 0.2) is 231 Å². The standard InChI is InChI=1S/C69H47N7/c1-69(2,3)68-73-66(58-36-44(42-70)24-30-64(58)75-60-32-26-50(46-16-8-4-9-17-46)38-54(60)55-39-51(27-33-61(55)75)47-18-10-5-11-19-47)72-67(74-68)59-37-45(43-71)25-31-65(59)76-62-34-28-52(48-20-12-6-13-21-48)40-56(62)57-41-53(29-35-63(57)76)49-22-14-7-15-23-49/h4-41H,1-3H3. The molecule has 0 radical (unpaired) electrons. The molecule has 0 spiro atoms. The molecular weight excluding hydrogens is 927 g/mol. The van der Waals surface area contributed by atoms with Gasteiger partial charge in [0.05, 0.1) is 56.7 Å². The van der Waals surface area contributed by atoms with Crippen LogP contribution >= 0.6 is 0 Å². The van der Waals surface area contributed by atoms with E-state index in [4.69, 9.17) is 15.0 Å². The lowest BCUT2D eigenvalue weighted by Crippen LogP contribution is -2.18. The summed E-state index contributed by atoms with van der Waals surface area (Å²) in [5.41, 5.74) is 16.3. The molecule has 13 rings (SSSR count). The van der Waals surface area contributed by atoms with Gasteiger partial charge in [-0.05, 0) is 129 Å². The van der Waals surface area contributed by atoms with Crippen LogP contribution < -0.4 is 0 Å². The van der Waals surface area contributed by atoms with Crippen molar-refractivity contribution in [2.75, 3.05) is 0 Å². The zero-order chi connectivity index (χ0) is 51.5. The molecule has 0 atom stereocenters. The molecule has 0 unspecified atom stereocenters. The van der Waals surface area contributed by atoms with E-state index < -0.39 is 5.41 Å². The van der Waals surface area contributed by atoms with Crippen molar-refractivity contribution < 1.29 is 0 Å². The zero-order valence-corrected chi connectivity index (χ0v) is 42.1. The molecule has 7 heteroatoms. The predicted octanol–water partition coefficient (Wildman–Crippen LogP) is 17.1. The van der Waals surface area contributed by atoms with Gasteiger partial charge in [0.2, 0.25) is 0 Å². The Morgan fingerprint density at radius 2 is 0.632 bits per heavy atom. The van der Waals surface area contributed by atoms with E-state index in [-0.39, 0.29) is 0 Å². The van der Waals surface area contributed by atoms with Crippen LogP contribution in [0, 0.1) is 22.7 Å². The van der Waals surface area contributed by atoms with Gasteiger partial charge in [-0.3, -0.25) is 0 Å². The molecule has 76 heavy (non-hydrogen) atoms. The second kappa shape index (κ2) is 18.4. The highest BCUT2D eigenvalue weighted by Gasteiger charge is 2.27. The van der Waals surface area contributed by atoms with Gasteiger partial charge < -0.3 is 9.13 Å². The van der Waals surface area contributed by atoms with Crippen molar-refractivity contribution >= 4 is 43.6 Å². The fraction of sp³-hybridized carbons (Fsp3) is 0.0580. The van der Waals surface area contributed by atoms with E-state index in [1.54, 1.807) is 0 Å². The van der Waals surface area contributed by atoms with Gasteiger partial charge in [-0.15, -0.1) is 0 Å². The summed E-state index contributed by atoms with van der Waals surface area (Å²) in [7, 11) is 0. The number of fused-ring (bicyclic) bond motifs is 6. The smallest absolute Gasteiger partial charge is 0.165 e. The first-order chi connectivity index (χ1) is 37.2. The van der Waals surface area contributed by atoms with E-state index in [0.717, 1.165) is 99.5 Å². The van der Waals surface area contributed by atoms with Gasteiger partial charge in [-0.1, -0.05) is 166 Å². The Kier molecular flexibility index (Phi) is 11.0. The van der Waals surface area contributed by atoms with Crippen molar-refractivity contribution in [2.45, 2.75) is 26.2 Å². The number of nitriles is 2. The highest BCUT2D eigenvalue weighted by molar-refractivity contribution is 6.13. The minimum Gasteiger partial charge on any atom is -0.308 e. The third-order valence-electron chi connectivity index (χ3n) is 14.5. The van der Waals surface area contributed by atoms with Crippen molar-refractivity contribution in [3.63, 3.8) is 0 Å². The van der Waals surface area contributed by atoms with Crippen molar-refractivity contribution in [1.29, 1.82) is 10.5 Å². The van der Waals surface area contributed by atoms with Crippen molar-refractivity contribution in [3.8, 4) is 90.8 Å². The average Bonchev–Trinajstić information content (AvgIpc) is 4.05. The Balaban J connectivity index is 1.06. The van der Waals surface area contributed by atoms with Gasteiger partial charge in [-0.2, -0.15) is 10.5 Å². The van der Waals surface area contributed by atoms with Crippen molar-refractivity contribution in [1.82, 2.24) is 24.1 Å². The minimum absolute atomic E-state index is 0.411. The van der Waals surface area contributed by atoms with Crippen molar-refractivity contribution in [2.24, 2.45) is 0 Å². The van der Waals surface area contributed by atoms with Crippen LogP contribution in [0.5, 0.6) is 0 Å². The number of hydrogen-bond acceptors (Lipinski definition) is 5. The maximum absolute atomic E-state index is 10.6. The molecule has 0 bridgehead atoms. The molecule has 7 nitrogen and oxygen atoms in total. The van der Waals surface area contributed by atoms with E-state index in [0.29, 0.717) is 39.7 Å². The Morgan fingerprint density at radius 1 is 0.329 bits per heavy atom. The van der Waals surface area contributed by atoms with Crippen LogP contribution in [0.1, 0.15) is 37.7 Å². The van der Waals surface area contributed by atoms with Gasteiger partial charge in [0.25, 0.3) is 0 Å². The molecule has 0 fully saturated rings. The molecule has 0 aliphatic heterocycles. The lowest BCUT2D eigenvalue weighted by Gasteiger charge is -2.21. The van der Waals surface area contributed by atoms with Gasteiger partial charge >= 0.3 is 0 Å². The fourth-order valence-corrected chi connectivity index (χ4v) is 10.7. The molecule has 0 aliphatic carbocycles. The molecule has 13 aromatic rings. The normalized spacial score (nSPS) is 11.6. The number of rotatable bonds is 8. The summed E-state index contributed by atoms with van der Waals surface area (Å²) in [4.78, 5) is 16.1. The molecule has 10 aromatic carbocycles. The third kappa shape index (κ3) is 7.96. The fourth-order valence-electron chi connectivity index (χ4n) is 10.7. The summed E-state index contributed by atoms with van der Waals surface area (Å²) < 4.78 is 4.55. The maximum atomic E-state index is 10.6. The van der Waals surface area contributed by atoms with E-state index in [1.807, 2.05) is 60.7 Å². The highest BCUT2D eigenvalue weighted by Crippen LogP contribution is 2.43. The third-order valence-corrected chi connectivity index (χ3v) is 14.5. The molecule has 0 saturated heterocycles. The van der Waals surface area contributed by atoms with Crippen molar-refractivity contribution in [3.05, 3.63) is 247 Å². The van der Waals surface area contributed by atoms with Gasteiger partial charge in [0, 0.05) is 38.1 Å². The van der Waals surface area contributed by atoms with Crippen LogP contribution in [0.25, 0.3) is 122 Å². The van der Waals surface area contributed by atoms with E-state index in [1.165, 1.54) is 0 Å². The lowest BCUT2D eigenvalue weighted by atomic mass is 9.95. The minimum atomic E-state index is -0.532. The summed E-state index contributed by atoms with van der Waals surface area (Å²) in [6.07, 6.45) is 0. The monoisotopic (exact) mass is 973 g/mol. The number of aromatic nitrogens is 5. The highest BCUT2D eigenvalue weighted by atomic mass is 15.1. The molecule has 0 aliphatic rings. The second-order valence-corrected chi connectivity index (χ2v) is 20.3. The number of benzene rings is 10. The Labute approximate surface area is 440 Å². The summed E-state index contributed by atoms with van der Waals surface area (Å²) in [5.74, 6) is 1.39. The quantitative estimate of drug-likeness (QED) is 0.151.